The van der Waals surface area contributed by atoms with Crippen LogP contribution in [0.5, 0.6) is 5.75 Å². The molecule has 0 amide bonds. The summed E-state index contributed by atoms with van der Waals surface area (Å²) in [6.45, 7) is 6.50. The van der Waals surface area contributed by atoms with Crippen LogP contribution in [-0.4, -0.2) is 17.1 Å². The molecule has 26 heavy (non-hydrogen) atoms. The maximum atomic E-state index is 11.9. The van der Waals surface area contributed by atoms with E-state index in [1.165, 1.54) is 0 Å². The molecule has 0 radical (unpaired) electrons. The fourth-order valence-corrected chi connectivity index (χ4v) is 4.52. The van der Waals surface area contributed by atoms with Crippen LogP contribution in [0.4, 0.5) is 0 Å². The third kappa shape index (κ3) is 3.66. The van der Waals surface area contributed by atoms with Gasteiger partial charge in [-0.3, -0.25) is 4.79 Å². The van der Waals surface area contributed by atoms with Crippen molar-refractivity contribution in [2.75, 3.05) is 0 Å². The lowest BCUT2D eigenvalue weighted by Gasteiger charge is -2.44. The molecule has 3 N–H and O–H groups in total. The number of H-pyrrole nitrogens is 1. The minimum atomic E-state index is -0.0487. The first-order chi connectivity index (χ1) is 12.5. The number of pyridine rings is 1. The van der Waals surface area contributed by atoms with E-state index in [9.17, 15) is 4.79 Å². The predicted molar refractivity (Wildman–Crippen MR) is 108 cm³/mol. The van der Waals surface area contributed by atoms with Crippen molar-refractivity contribution in [3.63, 3.8) is 0 Å². The molecular formula is C22H32N2O2. The average Bonchev–Trinajstić information content (AvgIpc) is 2.64. The first-order valence-electron chi connectivity index (χ1n) is 10.0. The van der Waals surface area contributed by atoms with E-state index < -0.39 is 0 Å². The van der Waals surface area contributed by atoms with Gasteiger partial charge in [-0.15, -0.1) is 0 Å². The average molecular weight is 357 g/mol. The molecule has 1 aromatic carbocycles. The standard InChI is InChI=1S/C22H32N2O2/c1-4-6-20(23)22(5-2)10-7-17(8-11-22)26-19-14-16-9-12-24-21(25)18(16)13-15(19)3/h9,12-14,17,20H,4-8,10-11,23H2,1-3H3,(H,24,25)/t17-,20?,22+. The number of nitrogens with two attached hydrogens (primary N) is 1. The third-order valence-electron chi connectivity index (χ3n) is 6.38. The lowest BCUT2D eigenvalue weighted by molar-refractivity contribution is 0.0552. The van der Waals surface area contributed by atoms with Crippen molar-refractivity contribution in [2.24, 2.45) is 11.1 Å². The summed E-state index contributed by atoms with van der Waals surface area (Å²) >= 11 is 0. The Balaban J connectivity index is 1.72. The number of hydrogen-bond acceptors (Lipinski definition) is 3. The van der Waals surface area contributed by atoms with Crippen molar-refractivity contribution < 1.29 is 4.74 Å². The maximum Gasteiger partial charge on any atom is 0.255 e. The molecule has 1 aromatic heterocycles. The zero-order valence-corrected chi connectivity index (χ0v) is 16.3. The van der Waals surface area contributed by atoms with Crippen LogP contribution in [0.15, 0.2) is 29.2 Å². The number of nitrogens with one attached hydrogen (secondary N) is 1. The highest BCUT2D eigenvalue weighted by Crippen LogP contribution is 2.43. The highest BCUT2D eigenvalue weighted by atomic mass is 16.5. The molecule has 0 spiro atoms. The van der Waals surface area contributed by atoms with Crippen molar-refractivity contribution >= 4 is 10.8 Å². The van der Waals surface area contributed by atoms with Crippen molar-refractivity contribution in [3.8, 4) is 5.75 Å². The molecular weight excluding hydrogens is 324 g/mol. The van der Waals surface area contributed by atoms with Gasteiger partial charge in [0.25, 0.3) is 5.56 Å². The summed E-state index contributed by atoms with van der Waals surface area (Å²) in [7, 11) is 0. The highest BCUT2D eigenvalue weighted by Gasteiger charge is 2.39. The van der Waals surface area contributed by atoms with E-state index in [-0.39, 0.29) is 17.1 Å². The van der Waals surface area contributed by atoms with Gasteiger partial charge in [-0.05, 0) is 80.0 Å². The third-order valence-corrected chi connectivity index (χ3v) is 6.38. The molecule has 2 aromatic rings. The Hall–Kier alpha value is -1.81. The van der Waals surface area contributed by atoms with Crippen LogP contribution in [0.1, 0.15) is 64.4 Å². The number of hydrogen-bond donors (Lipinski definition) is 2. The summed E-state index contributed by atoms with van der Waals surface area (Å²) in [4.78, 5) is 14.7. The summed E-state index contributed by atoms with van der Waals surface area (Å²) in [6, 6.07) is 6.16. The Morgan fingerprint density at radius 3 is 2.69 bits per heavy atom. The van der Waals surface area contributed by atoms with Gasteiger partial charge >= 0.3 is 0 Å². The summed E-state index contributed by atoms with van der Waals surface area (Å²) < 4.78 is 6.36. The molecule has 1 aliphatic rings. The highest BCUT2D eigenvalue weighted by molar-refractivity contribution is 5.83. The second-order valence-corrected chi connectivity index (χ2v) is 7.94. The Morgan fingerprint density at radius 2 is 2.04 bits per heavy atom. The largest absolute Gasteiger partial charge is 0.490 e. The van der Waals surface area contributed by atoms with E-state index in [1.807, 2.05) is 25.1 Å². The monoisotopic (exact) mass is 356 g/mol. The van der Waals surface area contributed by atoms with Crippen LogP contribution >= 0.6 is 0 Å². The summed E-state index contributed by atoms with van der Waals surface area (Å²) in [6.07, 6.45) is 9.73. The van der Waals surface area contributed by atoms with Crippen molar-refractivity contribution in [1.29, 1.82) is 0 Å². The molecule has 142 valence electrons. The number of aryl methyl sites for hydroxylation is 1. The van der Waals surface area contributed by atoms with Gasteiger partial charge in [-0.25, -0.2) is 0 Å². The smallest absolute Gasteiger partial charge is 0.255 e. The Labute approximate surface area is 156 Å². The minimum Gasteiger partial charge on any atom is -0.490 e. The van der Waals surface area contributed by atoms with Crippen LogP contribution < -0.4 is 16.0 Å². The quantitative estimate of drug-likeness (QED) is 0.789. The summed E-state index contributed by atoms with van der Waals surface area (Å²) in [5.41, 5.74) is 7.78. The summed E-state index contributed by atoms with van der Waals surface area (Å²) in [5.74, 6) is 0.898. The van der Waals surface area contributed by atoms with Gasteiger partial charge in [0.15, 0.2) is 0 Å². The first-order valence-corrected chi connectivity index (χ1v) is 10.0. The summed E-state index contributed by atoms with van der Waals surface area (Å²) in [5, 5.41) is 1.65. The van der Waals surface area contributed by atoms with E-state index in [2.05, 4.69) is 18.8 Å². The van der Waals surface area contributed by atoms with Crippen LogP contribution in [0.25, 0.3) is 10.8 Å². The minimum absolute atomic E-state index is 0.0487. The Kier molecular flexibility index (Phi) is 5.71. The van der Waals surface area contributed by atoms with Crippen LogP contribution in [-0.2, 0) is 0 Å². The molecule has 0 aliphatic heterocycles. The van der Waals surface area contributed by atoms with E-state index in [0.717, 1.165) is 67.0 Å². The molecule has 4 heteroatoms. The van der Waals surface area contributed by atoms with Crippen molar-refractivity contribution in [1.82, 2.24) is 4.98 Å². The van der Waals surface area contributed by atoms with Crippen LogP contribution in [0, 0.1) is 12.3 Å². The second kappa shape index (κ2) is 7.83. The number of fused-ring (bicyclic) bond motifs is 1. The molecule has 1 saturated carbocycles. The lowest BCUT2D eigenvalue weighted by atomic mass is 9.66. The number of aromatic amines is 1. The fraction of sp³-hybridized carbons (Fsp3) is 0.591. The molecule has 0 saturated heterocycles. The number of aromatic nitrogens is 1. The Bertz CT molecular complexity index is 803. The van der Waals surface area contributed by atoms with Gasteiger partial charge in [-0.2, -0.15) is 0 Å². The van der Waals surface area contributed by atoms with Crippen LogP contribution in [0.2, 0.25) is 0 Å². The molecule has 1 aliphatic carbocycles. The van der Waals surface area contributed by atoms with Crippen LogP contribution in [0.3, 0.4) is 0 Å². The molecule has 1 heterocycles. The maximum absolute atomic E-state index is 11.9. The number of ether oxygens (including phenoxy) is 1. The zero-order valence-electron chi connectivity index (χ0n) is 16.3. The van der Waals surface area contributed by atoms with Crippen molar-refractivity contribution in [2.45, 2.75) is 77.9 Å². The molecule has 3 rings (SSSR count). The zero-order chi connectivity index (χ0) is 18.7. The lowest BCUT2D eigenvalue weighted by Crippen LogP contribution is -2.45. The van der Waals surface area contributed by atoms with Gasteiger partial charge < -0.3 is 15.5 Å². The second-order valence-electron chi connectivity index (χ2n) is 7.94. The van der Waals surface area contributed by atoms with E-state index >= 15 is 0 Å². The van der Waals surface area contributed by atoms with E-state index in [1.54, 1.807) is 6.20 Å². The van der Waals surface area contributed by atoms with Gasteiger partial charge in [0.1, 0.15) is 5.75 Å². The molecule has 1 fully saturated rings. The molecule has 4 nitrogen and oxygen atoms in total. The van der Waals surface area contributed by atoms with Gasteiger partial charge in [-0.1, -0.05) is 20.3 Å². The van der Waals surface area contributed by atoms with Gasteiger partial charge in [0.05, 0.1) is 6.10 Å². The molecule has 1 atom stereocenters. The van der Waals surface area contributed by atoms with E-state index in [0.29, 0.717) is 6.04 Å². The topological polar surface area (TPSA) is 68.1 Å². The normalized spacial score (nSPS) is 24.5. The Morgan fingerprint density at radius 1 is 1.31 bits per heavy atom. The number of benzene rings is 1. The fourth-order valence-electron chi connectivity index (χ4n) is 4.52. The van der Waals surface area contributed by atoms with Gasteiger partial charge in [0, 0.05) is 17.6 Å². The number of rotatable bonds is 6. The van der Waals surface area contributed by atoms with Gasteiger partial charge in [0.2, 0.25) is 0 Å². The predicted octanol–water partition coefficient (Wildman–Crippen LogP) is 4.68. The van der Waals surface area contributed by atoms with Crippen molar-refractivity contribution in [3.05, 3.63) is 40.3 Å². The molecule has 1 unspecified atom stereocenters. The first kappa shape index (κ1) is 19.0. The SMILES string of the molecule is CCCC(N)[C@]1(CC)CC[C@H](Oc2cc3cc[nH]c(=O)c3cc2C)CC1. The van der Waals surface area contributed by atoms with E-state index in [4.69, 9.17) is 10.5 Å². The molecule has 0 bridgehead atoms.